The number of hydrogen-bond donors (Lipinski definition) is 0. The van der Waals surface area contributed by atoms with Crippen LogP contribution in [0.3, 0.4) is 0 Å². The zero-order valence-corrected chi connectivity index (χ0v) is 19.4. The summed E-state index contributed by atoms with van der Waals surface area (Å²) in [7, 11) is 0. The van der Waals surface area contributed by atoms with Crippen molar-refractivity contribution in [2.45, 2.75) is 91.4 Å². The van der Waals surface area contributed by atoms with Crippen molar-refractivity contribution >= 4 is 18.2 Å². The Kier molecular flexibility index (Phi) is 7.42. The van der Waals surface area contributed by atoms with E-state index in [2.05, 4.69) is 0 Å². The van der Waals surface area contributed by atoms with Gasteiger partial charge in [0.2, 0.25) is 0 Å². The van der Waals surface area contributed by atoms with Crippen LogP contribution in [0.5, 0.6) is 0 Å². The van der Waals surface area contributed by atoms with Gasteiger partial charge in [-0.25, -0.2) is 14.4 Å². The molecule has 2 aliphatic heterocycles. The average molecular weight is 425 g/mol. The molecule has 1 saturated heterocycles. The number of carbonyl (C=O) groups excluding carboxylic acids is 3. The predicted molar refractivity (Wildman–Crippen MR) is 112 cm³/mol. The Morgan fingerprint density at radius 2 is 1.53 bits per heavy atom. The summed E-state index contributed by atoms with van der Waals surface area (Å²) in [6.45, 7) is 13.7. The molecule has 0 aromatic carbocycles. The van der Waals surface area contributed by atoms with Crippen molar-refractivity contribution < 1.29 is 28.6 Å². The van der Waals surface area contributed by atoms with Gasteiger partial charge in [0.1, 0.15) is 11.2 Å². The van der Waals surface area contributed by atoms with E-state index in [4.69, 9.17) is 14.2 Å². The first-order chi connectivity index (χ1) is 13.8. The molecule has 170 valence electrons. The fraction of sp³-hybridized carbons (Fsp3) is 0.773. The maximum atomic E-state index is 13.0. The zero-order chi connectivity index (χ0) is 22.7. The number of ether oxygens (including phenoxy) is 3. The van der Waals surface area contributed by atoms with E-state index in [-0.39, 0.29) is 6.61 Å². The lowest BCUT2D eigenvalue weighted by Gasteiger charge is -2.38. The van der Waals surface area contributed by atoms with E-state index in [9.17, 15) is 14.4 Å². The van der Waals surface area contributed by atoms with E-state index in [1.54, 1.807) is 32.6 Å². The number of likely N-dealkylation sites (tertiary alicyclic amines) is 1. The Hall–Kier alpha value is -2.25. The molecule has 1 fully saturated rings. The first-order valence-electron chi connectivity index (χ1n) is 10.7. The summed E-state index contributed by atoms with van der Waals surface area (Å²) in [5, 5.41) is 0. The molecule has 1 unspecified atom stereocenters. The molecule has 30 heavy (non-hydrogen) atoms. The van der Waals surface area contributed by atoms with Crippen LogP contribution in [0.1, 0.15) is 74.1 Å². The second-order valence-corrected chi connectivity index (χ2v) is 9.65. The number of amides is 2. The first-order valence-corrected chi connectivity index (χ1v) is 10.7. The van der Waals surface area contributed by atoms with Crippen LogP contribution in [0, 0.1) is 0 Å². The first kappa shape index (κ1) is 24.0. The summed E-state index contributed by atoms with van der Waals surface area (Å²) in [5.41, 5.74) is -0.365. The lowest BCUT2D eigenvalue weighted by atomic mass is 9.96. The van der Waals surface area contributed by atoms with Crippen molar-refractivity contribution in [1.29, 1.82) is 0 Å². The van der Waals surface area contributed by atoms with E-state index < -0.39 is 35.4 Å². The molecule has 2 heterocycles. The third-order valence-electron chi connectivity index (χ3n) is 4.74. The molecule has 1 atom stereocenters. The topological polar surface area (TPSA) is 85.4 Å². The van der Waals surface area contributed by atoms with Gasteiger partial charge in [0.15, 0.2) is 0 Å². The molecule has 0 aliphatic carbocycles. The fourth-order valence-corrected chi connectivity index (χ4v) is 3.73. The van der Waals surface area contributed by atoms with E-state index in [0.29, 0.717) is 43.6 Å². The van der Waals surface area contributed by atoms with Gasteiger partial charge in [-0.05, 0) is 74.1 Å². The number of hydrogen-bond acceptors (Lipinski definition) is 6. The minimum absolute atomic E-state index is 0.239. The number of nitrogens with zero attached hydrogens (tertiary/aromatic N) is 2. The lowest BCUT2D eigenvalue weighted by Crippen LogP contribution is -2.49. The maximum Gasteiger partial charge on any atom is 0.414 e. The molecule has 8 heteroatoms. The molecule has 0 spiro atoms. The van der Waals surface area contributed by atoms with Crippen LogP contribution >= 0.6 is 0 Å². The molecule has 0 saturated carbocycles. The number of rotatable bonds is 3. The van der Waals surface area contributed by atoms with Crippen LogP contribution in [0.4, 0.5) is 9.59 Å². The predicted octanol–water partition coefficient (Wildman–Crippen LogP) is 4.23. The van der Waals surface area contributed by atoms with E-state index in [1.807, 2.05) is 20.8 Å². The third kappa shape index (κ3) is 6.12. The van der Waals surface area contributed by atoms with Crippen LogP contribution in [0.15, 0.2) is 11.3 Å². The Morgan fingerprint density at radius 3 is 2.10 bits per heavy atom. The SMILES string of the molecule is CCOC(=O)C1=C(C2CCCN2C(=O)OC(C)(C)C)N(C(=O)OC(C)(C)C)CCC1. The highest BCUT2D eigenvalue weighted by Crippen LogP contribution is 2.35. The van der Waals surface area contributed by atoms with Crippen LogP contribution < -0.4 is 0 Å². The van der Waals surface area contributed by atoms with Crippen molar-refractivity contribution in [1.82, 2.24) is 9.80 Å². The van der Waals surface area contributed by atoms with Gasteiger partial charge in [-0.2, -0.15) is 0 Å². The van der Waals surface area contributed by atoms with E-state index in [1.165, 1.54) is 4.90 Å². The fourth-order valence-electron chi connectivity index (χ4n) is 3.73. The molecule has 8 nitrogen and oxygen atoms in total. The van der Waals surface area contributed by atoms with Gasteiger partial charge in [0.05, 0.1) is 23.9 Å². The quantitative estimate of drug-likeness (QED) is 0.498. The summed E-state index contributed by atoms with van der Waals surface area (Å²) >= 11 is 0. The van der Waals surface area contributed by atoms with Crippen LogP contribution in [-0.4, -0.2) is 64.9 Å². The molecule has 2 amide bonds. The standard InChI is InChI=1S/C22H36N2O6/c1-8-28-18(25)15-11-9-14-24(20(27)30-22(5,6)7)17(15)16-12-10-13-23(16)19(26)29-21(2,3)4/h16H,8-14H2,1-7H3. The Bertz CT molecular complexity index is 701. The normalized spacial score (nSPS) is 20.3. The van der Waals surface area contributed by atoms with Crippen molar-refractivity contribution in [3.63, 3.8) is 0 Å². The Labute approximate surface area is 179 Å². The van der Waals surface area contributed by atoms with Crippen LogP contribution in [0.2, 0.25) is 0 Å². The maximum absolute atomic E-state index is 13.0. The Morgan fingerprint density at radius 1 is 0.933 bits per heavy atom. The molecular weight excluding hydrogens is 388 g/mol. The van der Waals surface area contributed by atoms with Gasteiger partial charge in [-0.15, -0.1) is 0 Å². The second-order valence-electron chi connectivity index (χ2n) is 9.65. The molecule has 0 aromatic rings. The number of esters is 1. The summed E-state index contributed by atoms with van der Waals surface area (Å²) < 4.78 is 16.4. The molecule has 0 bridgehead atoms. The highest BCUT2D eigenvalue weighted by atomic mass is 16.6. The minimum Gasteiger partial charge on any atom is -0.463 e. The van der Waals surface area contributed by atoms with Gasteiger partial charge in [-0.1, -0.05) is 0 Å². The van der Waals surface area contributed by atoms with Gasteiger partial charge < -0.3 is 14.2 Å². The van der Waals surface area contributed by atoms with Crippen LogP contribution in [0.25, 0.3) is 0 Å². The second kappa shape index (κ2) is 9.27. The zero-order valence-electron chi connectivity index (χ0n) is 19.4. The molecule has 0 aromatic heterocycles. The van der Waals surface area contributed by atoms with E-state index in [0.717, 1.165) is 6.42 Å². The van der Waals surface area contributed by atoms with Crippen molar-refractivity contribution in [3.05, 3.63) is 11.3 Å². The van der Waals surface area contributed by atoms with Gasteiger partial charge in [0, 0.05) is 13.1 Å². The summed E-state index contributed by atoms with van der Waals surface area (Å²) in [6, 6.07) is -0.438. The number of carbonyl (C=O) groups is 3. The van der Waals surface area contributed by atoms with Crippen LogP contribution in [-0.2, 0) is 19.0 Å². The molecule has 0 radical (unpaired) electrons. The van der Waals surface area contributed by atoms with Crippen molar-refractivity contribution in [2.24, 2.45) is 0 Å². The largest absolute Gasteiger partial charge is 0.463 e. The highest BCUT2D eigenvalue weighted by Gasteiger charge is 2.42. The van der Waals surface area contributed by atoms with Gasteiger partial charge >= 0.3 is 18.2 Å². The van der Waals surface area contributed by atoms with Crippen molar-refractivity contribution in [3.8, 4) is 0 Å². The summed E-state index contributed by atoms with van der Waals surface area (Å²) in [6.07, 6.45) is 1.54. The van der Waals surface area contributed by atoms with Gasteiger partial charge in [0.25, 0.3) is 0 Å². The minimum atomic E-state index is -0.676. The Balaban J connectivity index is 2.45. The molecular formula is C22H36N2O6. The smallest absolute Gasteiger partial charge is 0.414 e. The third-order valence-corrected chi connectivity index (χ3v) is 4.74. The molecule has 2 rings (SSSR count). The molecule has 0 N–H and O–H groups in total. The summed E-state index contributed by atoms with van der Waals surface area (Å²) in [4.78, 5) is 41.7. The van der Waals surface area contributed by atoms with Gasteiger partial charge in [-0.3, -0.25) is 9.80 Å². The average Bonchev–Trinajstić information content (AvgIpc) is 3.07. The molecule has 2 aliphatic rings. The van der Waals surface area contributed by atoms with Crippen molar-refractivity contribution in [2.75, 3.05) is 19.7 Å². The monoisotopic (exact) mass is 424 g/mol. The lowest BCUT2D eigenvalue weighted by molar-refractivity contribution is -0.139. The summed E-state index contributed by atoms with van der Waals surface area (Å²) in [5.74, 6) is -0.447. The van der Waals surface area contributed by atoms with E-state index >= 15 is 0 Å². The highest BCUT2D eigenvalue weighted by molar-refractivity contribution is 5.91.